The summed E-state index contributed by atoms with van der Waals surface area (Å²) in [7, 11) is 1.47. The molecule has 1 N–H and O–H groups in total. The van der Waals surface area contributed by atoms with Crippen LogP contribution in [0.3, 0.4) is 0 Å². The zero-order valence-electron chi connectivity index (χ0n) is 12.8. The summed E-state index contributed by atoms with van der Waals surface area (Å²) in [5.41, 5.74) is 0.896. The number of carbonyl (C=O) groups is 1. The minimum atomic E-state index is -0.512. The Bertz CT molecular complexity index is 633. The van der Waals surface area contributed by atoms with Gasteiger partial charge in [0.25, 0.3) is 5.69 Å². The fourth-order valence-corrected chi connectivity index (χ4v) is 2.67. The van der Waals surface area contributed by atoms with E-state index < -0.39 is 4.92 Å². The molecule has 0 atom stereocenters. The van der Waals surface area contributed by atoms with E-state index in [0.29, 0.717) is 24.3 Å². The molecule has 1 heterocycles. The Balaban J connectivity index is 2.01. The topological polar surface area (TPSA) is 108 Å². The molecule has 1 amide bonds. The Morgan fingerprint density at radius 2 is 2.22 bits per heavy atom. The van der Waals surface area contributed by atoms with Gasteiger partial charge in [0.2, 0.25) is 5.91 Å². The fraction of sp³-hybridized carbons (Fsp3) is 0.467. The molecular weight excluding hydrogens is 300 g/mol. The number of non-ortho nitro benzene ring substituents is 1. The van der Waals surface area contributed by atoms with Crippen LogP contribution in [0.4, 0.5) is 11.4 Å². The van der Waals surface area contributed by atoms with Crippen molar-refractivity contribution in [1.29, 1.82) is 5.26 Å². The Morgan fingerprint density at radius 3 is 2.78 bits per heavy atom. The molecule has 8 nitrogen and oxygen atoms in total. The van der Waals surface area contributed by atoms with E-state index in [-0.39, 0.29) is 24.2 Å². The Morgan fingerprint density at radius 1 is 1.52 bits per heavy atom. The van der Waals surface area contributed by atoms with E-state index in [9.17, 15) is 20.2 Å². The smallest absolute Gasteiger partial charge is 0.270 e. The van der Waals surface area contributed by atoms with Crippen LogP contribution in [0.15, 0.2) is 18.2 Å². The summed E-state index contributed by atoms with van der Waals surface area (Å²) < 4.78 is 4.78. The van der Waals surface area contributed by atoms with Crippen molar-refractivity contribution in [2.45, 2.75) is 18.9 Å². The summed E-state index contributed by atoms with van der Waals surface area (Å²) in [5.74, 6) is -0.140. The fourth-order valence-electron chi connectivity index (χ4n) is 2.67. The zero-order chi connectivity index (χ0) is 16.8. The summed E-state index contributed by atoms with van der Waals surface area (Å²) >= 11 is 0. The van der Waals surface area contributed by atoms with Crippen molar-refractivity contribution < 1.29 is 14.5 Å². The van der Waals surface area contributed by atoms with Gasteiger partial charge in [0, 0.05) is 38.4 Å². The number of hydrogen-bond acceptors (Lipinski definition) is 6. The van der Waals surface area contributed by atoms with Gasteiger partial charge in [-0.05, 0) is 18.9 Å². The summed E-state index contributed by atoms with van der Waals surface area (Å²) in [4.78, 5) is 23.8. The number of rotatable bonds is 5. The van der Waals surface area contributed by atoms with Crippen LogP contribution >= 0.6 is 0 Å². The van der Waals surface area contributed by atoms with Gasteiger partial charge in [-0.15, -0.1) is 0 Å². The van der Waals surface area contributed by atoms with E-state index in [0.717, 1.165) is 12.8 Å². The highest BCUT2D eigenvalue weighted by Crippen LogP contribution is 2.27. The molecule has 1 aliphatic rings. The predicted molar refractivity (Wildman–Crippen MR) is 83.1 cm³/mol. The molecule has 0 bridgehead atoms. The molecule has 1 saturated heterocycles. The number of carbonyl (C=O) groups excluding carboxylic acids is 1. The van der Waals surface area contributed by atoms with Gasteiger partial charge in [-0.1, -0.05) is 0 Å². The number of anilines is 1. The third kappa shape index (κ3) is 4.17. The average Bonchev–Trinajstić information content (AvgIpc) is 2.55. The lowest BCUT2D eigenvalue weighted by molar-refractivity contribution is -0.384. The highest BCUT2D eigenvalue weighted by molar-refractivity contribution is 5.77. The van der Waals surface area contributed by atoms with Crippen molar-refractivity contribution in [3.63, 3.8) is 0 Å². The van der Waals surface area contributed by atoms with Crippen LogP contribution in [0, 0.1) is 21.4 Å². The summed E-state index contributed by atoms with van der Waals surface area (Å²) in [6.07, 6.45) is 1.49. The first-order chi connectivity index (χ1) is 11.0. The van der Waals surface area contributed by atoms with Crippen molar-refractivity contribution in [3.05, 3.63) is 33.9 Å². The van der Waals surface area contributed by atoms with E-state index in [1.54, 1.807) is 6.07 Å². The molecule has 0 saturated carbocycles. The average molecular weight is 318 g/mol. The number of amides is 1. The van der Waals surface area contributed by atoms with Crippen LogP contribution in [0.1, 0.15) is 18.4 Å². The molecule has 0 radical (unpaired) electrons. The number of ether oxygens (including phenoxy) is 1. The van der Waals surface area contributed by atoms with Gasteiger partial charge in [-0.2, -0.15) is 5.26 Å². The van der Waals surface area contributed by atoms with Gasteiger partial charge in [-0.3, -0.25) is 14.9 Å². The Labute approximate surface area is 133 Å². The maximum atomic E-state index is 11.5. The first-order valence-electron chi connectivity index (χ1n) is 7.27. The molecule has 1 aromatic carbocycles. The second-order valence-electron chi connectivity index (χ2n) is 5.33. The normalized spacial score (nSPS) is 15.0. The lowest BCUT2D eigenvalue weighted by Crippen LogP contribution is -2.45. The number of hydrogen-bond donors (Lipinski definition) is 1. The predicted octanol–water partition coefficient (Wildman–Crippen LogP) is 1.20. The lowest BCUT2D eigenvalue weighted by Gasteiger charge is -2.34. The molecule has 122 valence electrons. The SMILES string of the molecule is COCC(=O)NC1CCN(c2ccc([N+](=O)[O-])cc2C#N)CC1. The van der Waals surface area contributed by atoms with Gasteiger partial charge in [0.05, 0.1) is 16.2 Å². The van der Waals surface area contributed by atoms with Gasteiger partial charge in [0.15, 0.2) is 0 Å². The number of piperidine rings is 1. The second kappa shape index (κ2) is 7.56. The maximum absolute atomic E-state index is 11.5. The first kappa shape index (κ1) is 16.7. The van der Waals surface area contributed by atoms with Crippen LogP contribution in [-0.2, 0) is 9.53 Å². The van der Waals surface area contributed by atoms with Gasteiger partial charge < -0.3 is 15.0 Å². The molecule has 1 aromatic rings. The summed E-state index contributed by atoms with van der Waals surface area (Å²) in [5, 5.41) is 22.9. The summed E-state index contributed by atoms with van der Waals surface area (Å²) in [6.45, 7) is 1.38. The molecule has 1 fully saturated rings. The molecule has 0 unspecified atom stereocenters. The molecule has 2 rings (SSSR count). The zero-order valence-corrected chi connectivity index (χ0v) is 12.8. The Kier molecular flexibility index (Phi) is 5.49. The number of methoxy groups -OCH3 is 1. The molecule has 8 heteroatoms. The van der Waals surface area contributed by atoms with Gasteiger partial charge >= 0.3 is 0 Å². The minimum Gasteiger partial charge on any atom is -0.375 e. The Hall–Kier alpha value is -2.66. The number of nitro groups is 1. The van der Waals surface area contributed by atoms with Crippen LogP contribution < -0.4 is 10.2 Å². The second-order valence-corrected chi connectivity index (χ2v) is 5.33. The van der Waals surface area contributed by atoms with Gasteiger partial charge in [0.1, 0.15) is 12.7 Å². The molecule has 23 heavy (non-hydrogen) atoms. The highest BCUT2D eigenvalue weighted by Gasteiger charge is 2.23. The van der Waals surface area contributed by atoms with Crippen molar-refractivity contribution >= 4 is 17.3 Å². The first-order valence-corrected chi connectivity index (χ1v) is 7.27. The molecular formula is C15H18N4O4. The van der Waals surface area contributed by atoms with E-state index in [1.807, 2.05) is 11.0 Å². The van der Waals surface area contributed by atoms with Crippen LogP contribution in [0.25, 0.3) is 0 Å². The van der Waals surface area contributed by atoms with Gasteiger partial charge in [-0.25, -0.2) is 0 Å². The van der Waals surface area contributed by atoms with Crippen LogP contribution in [-0.4, -0.2) is 43.7 Å². The van der Waals surface area contributed by atoms with E-state index in [4.69, 9.17) is 4.74 Å². The van der Waals surface area contributed by atoms with Crippen molar-refractivity contribution in [2.24, 2.45) is 0 Å². The largest absolute Gasteiger partial charge is 0.375 e. The maximum Gasteiger partial charge on any atom is 0.270 e. The van der Waals surface area contributed by atoms with Crippen molar-refractivity contribution in [2.75, 3.05) is 31.7 Å². The van der Waals surface area contributed by atoms with Crippen LogP contribution in [0.5, 0.6) is 0 Å². The van der Waals surface area contributed by atoms with E-state index in [2.05, 4.69) is 5.32 Å². The number of nitrogens with one attached hydrogen (secondary N) is 1. The van der Waals surface area contributed by atoms with Crippen molar-refractivity contribution in [3.8, 4) is 6.07 Å². The third-order valence-corrected chi connectivity index (χ3v) is 3.79. The van der Waals surface area contributed by atoms with E-state index >= 15 is 0 Å². The standard InChI is InChI=1S/C15H18N4O4/c1-23-10-15(20)17-12-4-6-18(7-5-12)14-3-2-13(19(21)22)8-11(14)9-16/h2-3,8,12H,4-7,10H2,1H3,(H,17,20). The van der Waals surface area contributed by atoms with Crippen molar-refractivity contribution in [1.82, 2.24) is 5.32 Å². The molecule has 0 spiro atoms. The summed E-state index contributed by atoms with van der Waals surface area (Å²) in [6, 6.07) is 6.41. The molecule has 1 aliphatic heterocycles. The quantitative estimate of drug-likeness (QED) is 0.645. The van der Waals surface area contributed by atoms with E-state index in [1.165, 1.54) is 19.2 Å². The highest BCUT2D eigenvalue weighted by atomic mass is 16.6. The number of nitro benzene ring substituents is 1. The van der Waals surface area contributed by atoms with Crippen LogP contribution in [0.2, 0.25) is 0 Å². The monoisotopic (exact) mass is 318 g/mol. The third-order valence-electron chi connectivity index (χ3n) is 3.79. The number of nitrogens with zero attached hydrogens (tertiary/aromatic N) is 3. The number of nitriles is 1. The number of benzene rings is 1. The molecule has 0 aliphatic carbocycles. The minimum absolute atomic E-state index is 0.0428. The lowest BCUT2D eigenvalue weighted by atomic mass is 10.0. The molecule has 0 aromatic heterocycles.